The second-order valence-electron chi connectivity index (χ2n) is 4.01. The largest absolute Gasteiger partial charge is 0.120 e. The van der Waals surface area contributed by atoms with E-state index in [4.69, 9.17) is 6.42 Å². The molecule has 0 fully saturated rings. The molecule has 0 nitrogen and oxygen atoms in total. The molecular weight excluding hydrogens is 180 g/mol. The minimum Gasteiger partial charge on any atom is -0.120 e. The van der Waals surface area contributed by atoms with E-state index in [0.717, 1.165) is 12.8 Å². The standard InChI is InChI=1S/C15H20/c1-4-7-13-9-11-15(12-10-13)14(6-3)8-5-2/h2,9-12,14H,4,6-8H2,1,3H3. The summed E-state index contributed by atoms with van der Waals surface area (Å²) in [6, 6.07) is 8.93. The number of benzene rings is 1. The molecule has 1 atom stereocenters. The van der Waals surface area contributed by atoms with Crippen molar-refractivity contribution in [1.29, 1.82) is 0 Å². The maximum atomic E-state index is 5.37. The van der Waals surface area contributed by atoms with Crippen LogP contribution in [0.3, 0.4) is 0 Å². The maximum Gasteiger partial charge on any atom is 0.0155 e. The van der Waals surface area contributed by atoms with Crippen molar-refractivity contribution in [3.63, 3.8) is 0 Å². The van der Waals surface area contributed by atoms with Crippen molar-refractivity contribution in [3.8, 4) is 12.3 Å². The summed E-state index contributed by atoms with van der Waals surface area (Å²) in [7, 11) is 0. The van der Waals surface area contributed by atoms with E-state index in [1.807, 2.05) is 0 Å². The highest BCUT2D eigenvalue weighted by atomic mass is 14.1. The summed E-state index contributed by atoms with van der Waals surface area (Å²) in [4.78, 5) is 0. The molecule has 1 aromatic carbocycles. The summed E-state index contributed by atoms with van der Waals surface area (Å²) in [6.07, 6.45) is 9.73. The van der Waals surface area contributed by atoms with Gasteiger partial charge in [-0.2, -0.15) is 0 Å². The zero-order valence-corrected chi connectivity index (χ0v) is 9.79. The van der Waals surface area contributed by atoms with E-state index < -0.39 is 0 Å². The second kappa shape index (κ2) is 6.30. The van der Waals surface area contributed by atoms with Crippen LogP contribution in [0.2, 0.25) is 0 Å². The molecule has 0 saturated carbocycles. The normalized spacial score (nSPS) is 12.1. The number of hydrogen-bond acceptors (Lipinski definition) is 0. The first kappa shape index (κ1) is 11.9. The Morgan fingerprint density at radius 1 is 1.20 bits per heavy atom. The molecule has 0 spiro atoms. The Balaban J connectivity index is 2.73. The lowest BCUT2D eigenvalue weighted by Crippen LogP contribution is -1.96. The Hall–Kier alpha value is -1.22. The molecule has 0 heteroatoms. The van der Waals surface area contributed by atoms with Crippen LogP contribution in [-0.2, 0) is 6.42 Å². The van der Waals surface area contributed by atoms with Crippen molar-refractivity contribution in [2.45, 2.75) is 45.4 Å². The van der Waals surface area contributed by atoms with Crippen LogP contribution in [0.5, 0.6) is 0 Å². The van der Waals surface area contributed by atoms with Crippen molar-refractivity contribution in [3.05, 3.63) is 35.4 Å². The highest BCUT2D eigenvalue weighted by Gasteiger charge is 2.07. The lowest BCUT2D eigenvalue weighted by molar-refractivity contribution is 0.684. The third kappa shape index (κ3) is 3.44. The minimum absolute atomic E-state index is 0.533. The van der Waals surface area contributed by atoms with Gasteiger partial charge in [-0.25, -0.2) is 0 Å². The number of aryl methyl sites for hydroxylation is 1. The van der Waals surface area contributed by atoms with Crippen LogP contribution in [0.1, 0.15) is 50.2 Å². The third-order valence-corrected chi connectivity index (χ3v) is 2.85. The summed E-state index contributed by atoms with van der Waals surface area (Å²) in [5, 5.41) is 0. The first-order valence-electron chi connectivity index (χ1n) is 5.84. The smallest absolute Gasteiger partial charge is 0.0155 e. The molecule has 1 rings (SSSR count). The van der Waals surface area contributed by atoms with Crippen LogP contribution >= 0.6 is 0 Å². The van der Waals surface area contributed by atoms with Crippen molar-refractivity contribution < 1.29 is 0 Å². The van der Waals surface area contributed by atoms with Gasteiger partial charge in [0.05, 0.1) is 0 Å². The van der Waals surface area contributed by atoms with E-state index >= 15 is 0 Å². The highest BCUT2D eigenvalue weighted by molar-refractivity contribution is 5.26. The lowest BCUT2D eigenvalue weighted by Gasteiger charge is -2.12. The minimum atomic E-state index is 0.533. The van der Waals surface area contributed by atoms with Gasteiger partial charge in [0.2, 0.25) is 0 Å². The average Bonchev–Trinajstić information content (AvgIpc) is 2.28. The Morgan fingerprint density at radius 2 is 1.87 bits per heavy atom. The van der Waals surface area contributed by atoms with E-state index in [0.29, 0.717) is 5.92 Å². The van der Waals surface area contributed by atoms with Gasteiger partial charge in [0.25, 0.3) is 0 Å². The van der Waals surface area contributed by atoms with Gasteiger partial charge >= 0.3 is 0 Å². The SMILES string of the molecule is C#CCC(CC)c1ccc(CCC)cc1. The molecule has 0 bridgehead atoms. The van der Waals surface area contributed by atoms with Crippen molar-refractivity contribution in [1.82, 2.24) is 0 Å². The van der Waals surface area contributed by atoms with Crippen LogP contribution in [0.25, 0.3) is 0 Å². The molecule has 0 N–H and O–H groups in total. The van der Waals surface area contributed by atoms with Crippen molar-refractivity contribution in [2.24, 2.45) is 0 Å². The molecule has 0 heterocycles. The highest BCUT2D eigenvalue weighted by Crippen LogP contribution is 2.23. The maximum absolute atomic E-state index is 5.37. The molecule has 1 aromatic rings. The molecule has 1 unspecified atom stereocenters. The predicted molar refractivity (Wildman–Crippen MR) is 66.9 cm³/mol. The van der Waals surface area contributed by atoms with Gasteiger partial charge in [0, 0.05) is 6.42 Å². The molecule has 15 heavy (non-hydrogen) atoms. The van der Waals surface area contributed by atoms with E-state index in [2.05, 4.69) is 44.0 Å². The Labute approximate surface area is 93.7 Å². The zero-order valence-electron chi connectivity index (χ0n) is 9.79. The summed E-state index contributed by atoms with van der Waals surface area (Å²) in [5.74, 6) is 3.29. The fraction of sp³-hybridized carbons (Fsp3) is 0.467. The molecule has 0 saturated heterocycles. The van der Waals surface area contributed by atoms with Gasteiger partial charge in [0.1, 0.15) is 0 Å². The molecule has 80 valence electrons. The Morgan fingerprint density at radius 3 is 2.33 bits per heavy atom. The number of hydrogen-bond donors (Lipinski definition) is 0. The van der Waals surface area contributed by atoms with Gasteiger partial charge in [-0.3, -0.25) is 0 Å². The molecule has 0 aromatic heterocycles. The van der Waals surface area contributed by atoms with Crippen LogP contribution < -0.4 is 0 Å². The van der Waals surface area contributed by atoms with E-state index in [-0.39, 0.29) is 0 Å². The zero-order chi connectivity index (χ0) is 11.1. The molecule has 0 radical (unpaired) electrons. The summed E-state index contributed by atoms with van der Waals surface area (Å²) in [6.45, 7) is 4.41. The third-order valence-electron chi connectivity index (χ3n) is 2.85. The average molecular weight is 200 g/mol. The van der Waals surface area contributed by atoms with Gasteiger partial charge in [0.15, 0.2) is 0 Å². The molecule has 0 aliphatic carbocycles. The van der Waals surface area contributed by atoms with Gasteiger partial charge < -0.3 is 0 Å². The molecule has 0 aliphatic heterocycles. The monoisotopic (exact) mass is 200 g/mol. The molecule has 0 amide bonds. The predicted octanol–water partition coefficient (Wildman–Crippen LogP) is 4.16. The van der Waals surface area contributed by atoms with Crippen molar-refractivity contribution >= 4 is 0 Å². The fourth-order valence-electron chi connectivity index (χ4n) is 1.89. The summed E-state index contributed by atoms with van der Waals surface area (Å²) < 4.78 is 0. The Kier molecular flexibility index (Phi) is 4.98. The summed E-state index contributed by atoms with van der Waals surface area (Å²) in [5.41, 5.74) is 2.81. The van der Waals surface area contributed by atoms with E-state index in [1.165, 1.54) is 24.0 Å². The van der Waals surface area contributed by atoms with E-state index in [1.54, 1.807) is 0 Å². The fourth-order valence-corrected chi connectivity index (χ4v) is 1.89. The van der Waals surface area contributed by atoms with Crippen LogP contribution in [-0.4, -0.2) is 0 Å². The van der Waals surface area contributed by atoms with Gasteiger partial charge in [-0.1, -0.05) is 44.5 Å². The Bertz CT molecular complexity index is 313. The topological polar surface area (TPSA) is 0 Å². The molecule has 0 aliphatic rings. The van der Waals surface area contributed by atoms with Gasteiger partial charge in [-0.15, -0.1) is 12.3 Å². The van der Waals surface area contributed by atoms with E-state index in [9.17, 15) is 0 Å². The first-order valence-corrected chi connectivity index (χ1v) is 5.84. The number of terminal acetylenes is 1. The van der Waals surface area contributed by atoms with Crippen molar-refractivity contribution in [2.75, 3.05) is 0 Å². The van der Waals surface area contributed by atoms with Crippen LogP contribution in [0.4, 0.5) is 0 Å². The van der Waals surface area contributed by atoms with Crippen LogP contribution in [0.15, 0.2) is 24.3 Å². The molecular formula is C15H20. The summed E-state index contributed by atoms with van der Waals surface area (Å²) >= 11 is 0. The second-order valence-corrected chi connectivity index (χ2v) is 4.01. The first-order chi connectivity index (χ1) is 7.31. The number of rotatable bonds is 5. The van der Waals surface area contributed by atoms with Crippen LogP contribution in [0, 0.1) is 12.3 Å². The van der Waals surface area contributed by atoms with Gasteiger partial charge in [-0.05, 0) is 29.9 Å². The quantitative estimate of drug-likeness (QED) is 0.626. The lowest BCUT2D eigenvalue weighted by atomic mass is 9.92.